The Morgan fingerprint density at radius 2 is 1.87 bits per heavy atom. The first kappa shape index (κ1) is 12.0. The number of isothiocyanates is 1. The highest BCUT2D eigenvalue weighted by atomic mass is 32.1. The lowest BCUT2D eigenvalue weighted by molar-refractivity contribution is 0.545. The van der Waals surface area contributed by atoms with E-state index in [0.29, 0.717) is 0 Å². The summed E-state index contributed by atoms with van der Waals surface area (Å²) < 4.78 is 0. The summed E-state index contributed by atoms with van der Waals surface area (Å²) in [5, 5.41) is 2.27. The van der Waals surface area contributed by atoms with Gasteiger partial charge in [0.05, 0.1) is 5.16 Å². The molecule has 0 amide bonds. The predicted molar refractivity (Wildman–Crippen MR) is 65.6 cm³/mol. The largest absolute Gasteiger partial charge is 0.324 e. The molecule has 4 heteroatoms. The summed E-state index contributed by atoms with van der Waals surface area (Å²) in [6.07, 6.45) is 1.24. The molecule has 0 spiro atoms. The topological polar surface area (TPSA) is 64.4 Å². The maximum absolute atomic E-state index is 6.00. The second kappa shape index (κ2) is 6.43. The van der Waals surface area contributed by atoms with E-state index in [2.05, 4.69) is 22.4 Å². The van der Waals surface area contributed by atoms with E-state index in [9.17, 15) is 0 Å². The molecule has 0 aromatic heterocycles. The SMILES string of the molecule is NC(CCC(N)c1ccccc1)N=C=S. The van der Waals surface area contributed by atoms with E-state index < -0.39 is 0 Å². The van der Waals surface area contributed by atoms with Crippen LogP contribution in [0, 0.1) is 0 Å². The van der Waals surface area contributed by atoms with Gasteiger partial charge >= 0.3 is 0 Å². The second-order valence-electron chi connectivity index (χ2n) is 3.38. The minimum Gasteiger partial charge on any atom is -0.324 e. The third kappa shape index (κ3) is 4.32. The zero-order valence-electron chi connectivity index (χ0n) is 8.47. The van der Waals surface area contributed by atoms with Crippen molar-refractivity contribution >= 4 is 17.4 Å². The molecule has 3 nitrogen and oxygen atoms in total. The molecule has 1 aromatic carbocycles. The lowest BCUT2D eigenvalue weighted by atomic mass is 10.0. The molecular weight excluding hydrogens is 206 g/mol. The minimum atomic E-state index is -0.280. The first-order chi connectivity index (χ1) is 7.24. The van der Waals surface area contributed by atoms with Gasteiger partial charge in [-0.1, -0.05) is 30.3 Å². The van der Waals surface area contributed by atoms with Gasteiger partial charge in [0.1, 0.15) is 6.17 Å². The molecule has 0 heterocycles. The van der Waals surface area contributed by atoms with E-state index >= 15 is 0 Å². The summed E-state index contributed by atoms with van der Waals surface area (Å²) in [5.41, 5.74) is 12.8. The van der Waals surface area contributed by atoms with Gasteiger partial charge in [-0.15, -0.1) is 0 Å². The van der Waals surface area contributed by atoms with Crippen molar-refractivity contribution in [2.45, 2.75) is 25.0 Å². The molecule has 0 aliphatic rings. The molecule has 0 saturated carbocycles. The smallest absolute Gasteiger partial charge is 0.107 e. The third-order valence-corrected chi connectivity index (χ3v) is 2.33. The number of hydrogen-bond acceptors (Lipinski definition) is 4. The van der Waals surface area contributed by atoms with Gasteiger partial charge in [0.25, 0.3) is 0 Å². The van der Waals surface area contributed by atoms with Gasteiger partial charge in [0, 0.05) is 6.04 Å². The molecule has 0 aliphatic carbocycles. The van der Waals surface area contributed by atoms with Gasteiger partial charge in [0.2, 0.25) is 0 Å². The summed E-state index contributed by atoms with van der Waals surface area (Å²) in [4.78, 5) is 3.78. The van der Waals surface area contributed by atoms with Gasteiger partial charge < -0.3 is 11.5 Å². The fraction of sp³-hybridized carbons (Fsp3) is 0.364. The van der Waals surface area contributed by atoms with Crippen molar-refractivity contribution < 1.29 is 0 Å². The van der Waals surface area contributed by atoms with Crippen molar-refractivity contribution in [3.63, 3.8) is 0 Å². The average molecular weight is 221 g/mol. The van der Waals surface area contributed by atoms with Crippen molar-refractivity contribution in [3.8, 4) is 0 Å². The van der Waals surface area contributed by atoms with E-state index in [1.807, 2.05) is 30.3 Å². The van der Waals surface area contributed by atoms with E-state index in [-0.39, 0.29) is 12.2 Å². The van der Waals surface area contributed by atoms with Crippen molar-refractivity contribution in [1.29, 1.82) is 0 Å². The van der Waals surface area contributed by atoms with Crippen LogP contribution in [0.4, 0.5) is 0 Å². The molecule has 0 bridgehead atoms. The number of hydrogen-bond donors (Lipinski definition) is 2. The minimum absolute atomic E-state index is 0.0116. The number of nitrogens with zero attached hydrogens (tertiary/aromatic N) is 1. The van der Waals surface area contributed by atoms with Gasteiger partial charge in [0.15, 0.2) is 0 Å². The van der Waals surface area contributed by atoms with Crippen molar-refractivity contribution in [2.24, 2.45) is 16.5 Å². The molecule has 15 heavy (non-hydrogen) atoms. The summed E-state index contributed by atoms with van der Waals surface area (Å²) in [5.74, 6) is 0. The predicted octanol–water partition coefficient (Wildman–Crippen LogP) is 1.85. The number of thiocarbonyl (C=S) groups is 1. The second-order valence-corrected chi connectivity index (χ2v) is 3.56. The van der Waals surface area contributed by atoms with Crippen molar-refractivity contribution in [2.75, 3.05) is 0 Å². The third-order valence-electron chi connectivity index (χ3n) is 2.22. The normalized spacial score (nSPS) is 14.0. The number of nitrogens with two attached hydrogens (primary N) is 2. The van der Waals surface area contributed by atoms with Crippen LogP contribution in [0.1, 0.15) is 24.4 Å². The van der Waals surface area contributed by atoms with Crippen LogP contribution in [-0.2, 0) is 0 Å². The Bertz CT molecular complexity index is 333. The lowest BCUT2D eigenvalue weighted by Crippen LogP contribution is -2.20. The number of aliphatic imine (C=N–C) groups is 1. The maximum Gasteiger partial charge on any atom is 0.107 e. The van der Waals surface area contributed by atoms with Crippen LogP contribution in [0.25, 0.3) is 0 Å². The Morgan fingerprint density at radius 1 is 1.20 bits per heavy atom. The van der Waals surface area contributed by atoms with Gasteiger partial charge in [-0.3, -0.25) is 0 Å². The van der Waals surface area contributed by atoms with Gasteiger partial charge in [-0.25, -0.2) is 4.99 Å². The van der Waals surface area contributed by atoms with Crippen LogP contribution < -0.4 is 11.5 Å². The van der Waals surface area contributed by atoms with E-state index in [4.69, 9.17) is 11.5 Å². The number of benzene rings is 1. The molecule has 80 valence electrons. The van der Waals surface area contributed by atoms with E-state index in [1.165, 1.54) is 0 Å². The molecule has 0 aliphatic heterocycles. The summed E-state index contributed by atoms with van der Waals surface area (Å²) in [6, 6.07) is 9.96. The Balaban J connectivity index is 2.43. The molecule has 0 saturated heterocycles. The summed E-state index contributed by atoms with van der Waals surface area (Å²) in [6.45, 7) is 0. The molecule has 2 atom stereocenters. The maximum atomic E-state index is 6.00. The molecule has 2 unspecified atom stereocenters. The van der Waals surface area contributed by atoms with E-state index in [0.717, 1.165) is 18.4 Å². The van der Waals surface area contributed by atoms with Gasteiger partial charge in [-0.2, -0.15) is 0 Å². The average Bonchev–Trinajstić information content (AvgIpc) is 2.27. The van der Waals surface area contributed by atoms with Crippen LogP contribution in [0.5, 0.6) is 0 Å². The Morgan fingerprint density at radius 3 is 2.47 bits per heavy atom. The van der Waals surface area contributed by atoms with Crippen molar-refractivity contribution in [1.82, 2.24) is 0 Å². The molecule has 0 radical (unpaired) electrons. The standard InChI is InChI=1S/C11H15N3S/c12-10(6-7-11(13)14-8-15)9-4-2-1-3-5-9/h1-5,10-11H,6-7,12-13H2. The highest BCUT2D eigenvalue weighted by Gasteiger charge is 2.07. The fourth-order valence-electron chi connectivity index (χ4n) is 1.35. The van der Waals surface area contributed by atoms with Crippen LogP contribution in [0.15, 0.2) is 35.3 Å². The zero-order valence-corrected chi connectivity index (χ0v) is 9.28. The highest BCUT2D eigenvalue weighted by Crippen LogP contribution is 2.15. The van der Waals surface area contributed by atoms with Crippen LogP contribution in [0.2, 0.25) is 0 Å². The molecule has 4 N–H and O–H groups in total. The van der Waals surface area contributed by atoms with Crippen molar-refractivity contribution in [3.05, 3.63) is 35.9 Å². The van der Waals surface area contributed by atoms with E-state index in [1.54, 1.807) is 0 Å². The quantitative estimate of drug-likeness (QED) is 0.589. The Labute approximate surface area is 95.2 Å². The Kier molecular flexibility index (Phi) is 5.15. The lowest BCUT2D eigenvalue weighted by Gasteiger charge is -2.12. The van der Waals surface area contributed by atoms with Crippen LogP contribution in [-0.4, -0.2) is 11.3 Å². The highest BCUT2D eigenvalue weighted by molar-refractivity contribution is 7.78. The summed E-state index contributed by atoms with van der Waals surface area (Å²) in [7, 11) is 0. The zero-order chi connectivity index (χ0) is 11.1. The summed E-state index contributed by atoms with van der Waals surface area (Å²) >= 11 is 4.47. The van der Waals surface area contributed by atoms with Gasteiger partial charge in [-0.05, 0) is 30.6 Å². The molecule has 1 aromatic rings. The molecule has 0 fully saturated rings. The molecular formula is C11H15N3S. The fourth-order valence-corrected chi connectivity index (χ4v) is 1.48. The van der Waals surface area contributed by atoms with Crippen LogP contribution in [0.3, 0.4) is 0 Å². The first-order valence-electron chi connectivity index (χ1n) is 4.87. The Hall–Kier alpha value is -1.06. The number of rotatable bonds is 5. The van der Waals surface area contributed by atoms with Crippen LogP contribution >= 0.6 is 12.2 Å². The molecule has 1 rings (SSSR count). The first-order valence-corrected chi connectivity index (χ1v) is 5.28. The monoisotopic (exact) mass is 221 g/mol.